The molecule has 0 aliphatic carbocycles. The first kappa shape index (κ1) is 15.3. The number of carbonyl (C=O) groups is 1. The van der Waals surface area contributed by atoms with Crippen molar-refractivity contribution in [1.82, 2.24) is 4.72 Å². The van der Waals surface area contributed by atoms with Gasteiger partial charge in [0.15, 0.2) is 5.25 Å². The van der Waals surface area contributed by atoms with E-state index >= 15 is 0 Å². The van der Waals surface area contributed by atoms with Crippen molar-refractivity contribution in [3.63, 3.8) is 0 Å². The van der Waals surface area contributed by atoms with Gasteiger partial charge in [0, 0.05) is 0 Å². The molecule has 96 valence electrons. The highest BCUT2D eigenvalue weighted by Crippen LogP contribution is 2.17. The van der Waals surface area contributed by atoms with E-state index in [1.54, 1.807) is 13.8 Å². The molecular formula is C9H19NO5S. The summed E-state index contributed by atoms with van der Waals surface area (Å²) >= 11 is 0. The molecule has 0 aliphatic rings. The van der Waals surface area contributed by atoms with Crippen LogP contribution in [0.5, 0.6) is 0 Å². The summed E-state index contributed by atoms with van der Waals surface area (Å²) in [5.74, 6) is -1.41. The topological polar surface area (TPSA) is 104 Å². The predicted molar refractivity (Wildman–Crippen MR) is 59.6 cm³/mol. The van der Waals surface area contributed by atoms with Crippen LogP contribution in [0, 0.1) is 0 Å². The van der Waals surface area contributed by atoms with Crippen LogP contribution in [-0.4, -0.2) is 42.0 Å². The summed E-state index contributed by atoms with van der Waals surface area (Å²) in [6.07, 6.45) is 0.789. The Balaban J connectivity index is 5.01. The van der Waals surface area contributed by atoms with Crippen LogP contribution in [-0.2, 0) is 14.8 Å². The number of aliphatic hydroxyl groups is 1. The zero-order chi connectivity index (χ0) is 13.0. The summed E-state index contributed by atoms with van der Waals surface area (Å²) in [4.78, 5) is 10.6. The zero-order valence-corrected chi connectivity index (χ0v) is 10.5. The first-order chi connectivity index (χ1) is 7.24. The van der Waals surface area contributed by atoms with E-state index in [2.05, 4.69) is 4.72 Å². The summed E-state index contributed by atoms with van der Waals surface area (Å²) in [7, 11) is -3.96. The van der Waals surface area contributed by atoms with Gasteiger partial charge in [-0.2, -0.15) is 0 Å². The van der Waals surface area contributed by atoms with Crippen LogP contribution in [0.1, 0.15) is 33.6 Å². The number of aliphatic hydroxyl groups excluding tert-OH is 1. The van der Waals surface area contributed by atoms with E-state index in [1.807, 2.05) is 0 Å². The Morgan fingerprint density at radius 2 is 1.81 bits per heavy atom. The van der Waals surface area contributed by atoms with Gasteiger partial charge in [-0.15, -0.1) is 0 Å². The minimum atomic E-state index is -3.96. The maximum absolute atomic E-state index is 11.7. The van der Waals surface area contributed by atoms with Gasteiger partial charge in [-0.1, -0.05) is 13.8 Å². The van der Waals surface area contributed by atoms with Gasteiger partial charge in [0.25, 0.3) is 0 Å². The molecule has 0 aromatic heterocycles. The van der Waals surface area contributed by atoms with Gasteiger partial charge in [-0.3, -0.25) is 4.79 Å². The van der Waals surface area contributed by atoms with E-state index in [0.29, 0.717) is 12.8 Å². The monoisotopic (exact) mass is 253 g/mol. The molecule has 0 heterocycles. The molecule has 0 amide bonds. The van der Waals surface area contributed by atoms with Crippen molar-refractivity contribution < 1.29 is 23.4 Å². The molecule has 6 nitrogen and oxygen atoms in total. The van der Waals surface area contributed by atoms with Crippen LogP contribution >= 0.6 is 0 Å². The van der Waals surface area contributed by atoms with E-state index in [9.17, 15) is 18.3 Å². The van der Waals surface area contributed by atoms with Crippen molar-refractivity contribution in [2.24, 2.45) is 0 Å². The second kappa shape index (κ2) is 5.60. The lowest BCUT2D eigenvalue weighted by Gasteiger charge is -2.31. The molecule has 0 saturated heterocycles. The molecule has 0 spiro atoms. The molecule has 0 aromatic rings. The van der Waals surface area contributed by atoms with Crippen LogP contribution in [0.2, 0.25) is 0 Å². The number of carboxylic acids is 1. The van der Waals surface area contributed by atoms with Crippen molar-refractivity contribution in [2.75, 3.05) is 6.61 Å². The Hall–Kier alpha value is -0.660. The lowest BCUT2D eigenvalue weighted by atomic mass is 9.96. The number of rotatable bonds is 7. The Morgan fingerprint density at radius 3 is 2.06 bits per heavy atom. The second-order valence-corrected chi connectivity index (χ2v) is 5.77. The molecule has 16 heavy (non-hydrogen) atoms. The normalized spacial score (nSPS) is 14.8. The number of carboxylic acid groups (broad SMARTS) is 1. The highest BCUT2D eigenvalue weighted by molar-refractivity contribution is 7.90. The molecule has 0 aromatic carbocycles. The summed E-state index contributed by atoms with van der Waals surface area (Å²) < 4.78 is 25.6. The Kier molecular flexibility index (Phi) is 5.37. The number of hydrogen-bond acceptors (Lipinski definition) is 4. The average Bonchev–Trinajstić information content (AvgIpc) is 2.24. The van der Waals surface area contributed by atoms with E-state index in [4.69, 9.17) is 5.11 Å². The maximum Gasteiger partial charge on any atom is 0.323 e. The predicted octanol–water partition coefficient (Wildman–Crippen LogP) is -0.0700. The molecule has 0 bridgehead atoms. The van der Waals surface area contributed by atoms with Crippen LogP contribution in [0.25, 0.3) is 0 Å². The molecule has 7 heteroatoms. The number of sulfonamides is 1. The number of hydrogen-bond donors (Lipinski definition) is 3. The zero-order valence-electron chi connectivity index (χ0n) is 9.73. The van der Waals surface area contributed by atoms with Crippen LogP contribution < -0.4 is 4.72 Å². The summed E-state index contributed by atoms with van der Waals surface area (Å²) in [5, 5.41) is 16.3. The van der Waals surface area contributed by atoms with Crippen LogP contribution in [0.4, 0.5) is 0 Å². The number of aliphatic carboxylic acids is 1. The van der Waals surface area contributed by atoms with Crippen LogP contribution in [0.15, 0.2) is 0 Å². The minimum absolute atomic E-state index is 0.356. The SMILES string of the molecule is CCC(CC)(CO)NS(=O)(=O)C(C)C(=O)O. The largest absolute Gasteiger partial charge is 0.480 e. The number of nitrogens with one attached hydrogen (secondary N) is 1. The molecule has 0 rings (SSSR count). The Bertz CT molecular complexity index is 326. The molecule has 0 saturated carbocycles. The third-order valence-corrected chi connectivity index (χ3v) is 4.68. The third-order valence-electron chi connectivity index (χ3n) is 2.83. The fourth-order valence-corrected chi connectivity index (χ4v) is 2.57. The first-order valence-electron chi connectivity index (χ1n) is 5.11. The highest BCUT2D eigenvalue weighted by Gasteiger charge is 2.36. The first-order valence-corrected chi connectivity index (χ1v) is 6.65. The molecular weight excluding hydrogens is 234 g/mol. The molecule has 0 radical (unpaired) electrons. The van der Waals surface area contributed by atoms with Crippen molar-refractivity contribution in [3.8, 4) is 0 Å². The minimum Gasteiger partial charge on any atom is -0.480 e. The van der Waals surface area contributed by atoms with Gasteiger partial charge in [0.05, 0.1) is 12.1 Å². The van der Waals surface area contributed by atoms with E-state index in [-0.39, 0.29) is 6.61 Å². The molecule has 0 fully saturated rings. The third kappa shape index (κ3) is 3.43. The van der Waals surface area contributed by atoms with Gasteiger partial charge >= 0.3 is 5.97 Å². The molecule has 1 atom stereocenters. The standard InChI is InChI=1S/C9H19NO5S/c1-4-9(5-2,6-11)10-16(14,15)7(3)8(12)13/h7,10-11H,4-6H2,1-3H3,(H,12,13). The summed E-state index contributed by atoms with van der Waals surface area (Å²) in [5.41, 5.74) is -0.970. The highest BCUT2D eigenvalue weighted by atomic mass is 32.2. The van der Waals surface area contributed by atoms with Gasteiger partial charge in [-0.25, -0.2) is 13.1 Å². The fourth-order valence-electron chi connectivity index (χ4n) is 1.17. The second-order valence-electron chi connectivity index (χ2n) is 3.77. The quantitative estimate of drug-likeness (QED) is 0.589. The Morgan fingerprint density at radius 1 is 1.38 bits per heavy atom. The maximum atomic E-state index is 11.7. The average molecular weight is 253 g/mol. The van der Waals surface area contributed by atoms with Gasteiger partial charge < -0.3 is 10.2 Å². The van der Waals surface area contributed by atoms with E-state index in [0.717, 1.165) is 6.92 Å². The smallest absolute Gasteiger partial charge is 0.323 e. The van der Waals surface area contributed by atoms with Gasteiger partial charge in [0.1, 0.15) is 0 Å². The molecule has 3 N–H and O–H groups in total. The lowest BCUT2D eigenvalue weighted by Crippen LogP contribution is -2.53. The molecule has 1 unspecified atom stereocenters. The lowest BCUT2D eigenvalue weighted by molar-refractivity contribution is -0.136. The summed E-state index contributed by atoms with van der Waals surface area (Å²) in [6.45, 7) is 4.20. The van der Waals surface area contributed by atoms with E-state index < -0.39 is 26.8 Å². The Labute approximate surface area is 95.7 Å². The van der Waals surface area contributed by atoms with E-state index in [1.165, 1.54) is 0 Å². The fraction of sp³-hybridized carbons (Fsp3) is 0.889. The summed E-state index contributed by atoms with van der Waals surface area (Å²) in [6, 6.07) is 0. The van der Waals surface area contributed by atoms with Gasteiger partial charge in [0.2, 0.25) is 10.0 Å². The van der Waals surface area contributed by atoms with Crippen molar-refractivity contribution >= 4 is 16.0 Å². The van der Waals surface area contributed by atoms with Crippen molar-refractivity contribution in [1.29, 1.82) is 0 Å². The van der Waals surface area contributed by atoms with Gasteiger partial charge in [-0.05, 0) is 19.8 Å². The van der Waals surface area contributed by atoms with Crippen molar-refractivity contribution in [2.45, 2.75) is 44.4 Å². The molecule has 0 aliphatic heterocycles. The van der Waals surface area contributed by atoms with Crippen molar-refractivity contribution in [3.05, 3.63) is 0 Å². The van der Waals surface area contributed by atoms with Crippen LogP contribution in [0.3, 0.4) is 0 Å².